The fourth-order valence-corrected chi connectivity index (χ4v) is 9.36. The van der Waals surface area contributed by atoms with Crippen LogP contribution in [0, 0.1) is 6.92 Å². The summed E-state index contributed by atoms with van der Waals surface area (Å²) in [5.74, 6) is 0. The first kappa shape index (κ1) is 30.0. The Morgan fingerprint density at radius 3 is 2.00 bits per heavy atom. The molecule has 4 nitrogen and oxygen atoms in total. The lowest BCUT2D eigenvalue weighted by atomic mass is 9.35. The number of nitrogens with zero attached hydrogens (tertiary/aromatic N) is 3. The zero-order valence-corrected chi connectivity index (χ0v) is 30.8. The molecule has 0 bridgehead atoms. The highest BCUT2D eigenvalue weighted by Crippen LogP contribution is 2.53. The van der Waals surface area contributed by atoms with Crippen LogP contribution in [-0.2, 0) is 10.8 Å². The molecular weight excluding hydrogens is 633 g/mol. The van der Waals surface area contributed by atoms with Crippen LogP contribution in [0.4, 0.5) is 34.1 Å². The van der Waals surface area contributed by atoms with Crippen LogP contribution in [0.2, 0.25) is 0 Å². The minimum absolute atomic E-state index is 0.00400. The number of aromatic nitrogens is 1. The minimum Gasteiger partial charge on any atom is -0.468 e. The van der Waals surface area contributed by atoms with Gasteiger partial charge in [-0.2, -0.15) is 0 Å². The van der Waals surface area contributed by atoms with E-state index in [1.165, 1.54) is 77.9 Å². The summed E-state index contributed by atoms with van der Waals surface area (Å²) in [6.45, 7) is 15.9. The van der Waals surface area contributed by atoms with Gasteiger partial charge in [0.05, 0.1) is 39.4 Å². The molecule has 6 aromatic carbocycles. The van der Waals surface area contributed by atoms with Crippen molar-refractivity contribution in [1.29, 1.82) is 0 Å². The molecule has 0 unspecified atom stereocenters. The van der Waals surface area contributed by atoms with E-state index in [1.807, 2.05) is 0 Å². The van der Waals surface area contributed by atoms with Gasteiger partial charge < -0.3 is 18.8 Å². The Hall–Kier alpha value is -5.68. The van der Waals surface area contributed by atoms with Gasteiger partial charge in [-0.05, 0) is 100.0 Å². The van der Waals surface area contributed by atoms with Gasteiger partial charge in [0.15, 0.2) is 0 Å². The Labute approximate surface area is 305 Å². The Morgan fingerprint density at radius 2 is 1.23 bits per heavy atom. The zero-order chi connectivity index (χ0) is 35.4. The summed E-state index contributed by atoms with van der Waals surface area (Å²) in [6.07, 6.45) is 0. The van der Waals surface area contributed by atoms with Crippen molar-refractivity contribution in [2.24, 2.45) is 0 Å². The van der Waals surface area contributed by atoms with E-state index in [0.717, 1.165) is 28.0 Å². The third-order valence-corrected chi connectivity index (χ3v) is 11.8. The van der Waals surface area contributed by atoms with E-state index in [0.29, 0.717) is 0 Å². The van der Waals surface area contributed by atoms with Gasteiger partial charge in [-0.25, -0.2) is 0 Å². The summed E-state index contributed by atoms with van der Waals surface area (Å²) < 4.78 is 9.66. The number of furan rings is 1. The average Bonchev–Trinajstić information content (AvgIpc) is 3.67. The van der Waals surface area contributed by atoms with Crippen LogP contribution in [-0.4, -0.2) is 11.3 Å². The quantitative estimate of drug-likeness (QED) is 0.162. The Balaban J connectivity index is 1.28. The van der Waals surface area contributed by atoms with E-state index in [1.54, 1.807) is 0 Å². The molecule has 0 saturated carbocycles. The molecule has 8 aromatic rings. The summed E-state index contributed by atoms with van der Waals surface area (Å²) in [5, 5.41) is 3.72. The van der Waals surface area contributed by atoms with Gasteiger partial charge >= 0.3 is 0 Å². The standard InChI is InChI=1S/C47H40BN3O/c1-27-24-38-41-39(25-27)51-36-16-10-13-32-31-12-8-9-15-35(31)50(42(32)36)37-17-11-14-34(44(37)51)48(41)45-43(33-26-29(47(5,6)7)20-23-40(33)52-45)49(38)30-21-18-28(19-22-30)46(2,3)4/h8-26H,1-7H3. The highest BCUT2D eigenvalue weighted by molar-refractivity contribution is 7.00. The second-order valence-electron chi connectivity index (χ2n) is 17.1. The maximum Gasteiger partial charge on any atom is 0.297 e. The third kappa shape index (κ3) is 3.78. The molecule has 252 valence electrons. The molecule has 0 amide bonds. The van der Waals surface area contributed by atoms with Crippen LogP contribution >= 0.6 is 0 Å². The molecule has 0 aliphatic carbocycles. The Kier molecular flexibility index (Phi) is 5.65. The van der Waals surface area contributed by atoms with E-state index in [2.05, 4.69) is 178 Å². The molecule has 0 spiro atoms. The molecule has 3 aliphatic rings. The second kappa shape index (κ2) is 9.80. The Bertz CT molecular complexity index is 2840. The van der Waals surface area contributed by atoms with Crippen LogP contribution in [0.1, 0.15) is 58.2 Å². The van der Waals surface area contributed by atoms with Gasteiger partial charge in [0, 0.05) is 33.2 Å². The largest absolute Gasteiger partial charge is 0.468 e. The Morgan fingerprint density at radius 1 is 0.558 bits per heavy atom. The molecule has 2 aromatic heterocycles. The number of aryl methyl sites for hydroxylation is 1. The van der Waals surface area contributed by atoms with Crippen molar-refractivity contribution in [3.8, 4) is 5.69 Å². The average molecular weight is 674 g/mol. The van der Waals surface area contributed by atoms with Crippen molar-refractivity contribution in [3.63, 3.8) is 0 Å². The summed E-state index contributed by atoms with van der Waals surface area (Å²) >= 11 is 0. The van der Waals surface area contributed by atoms with Crippen molar-refractivity contribution in [1.82, 2.24) is 4.57 Å². The normalized spacial score (nSPS) is 14.3. The maximum atomic E-state index is 7.17. The van der Waals surface area contributed by atoms with Crippen molar-refractivity contribution >= 4 is 90.2 Å². The summed E-state index contributed by atoms with van der Waals surface area (Å²) in [4.78, 5) is 5.05. The molecule has 0 fully saturated rings. The van der Waals surface area contributed by atoms with Gasteiger partial charge in [0.2, 0.25) is 0 Å². The molecule has 11 rings (SSSR count). The van der Waals surface area contributed by atoms with Gasteiger partial charge in [0.1, 0.15) is 5.58 Å². The van der Waals surface area contributed by atoms with Crippen molar-refractivity contribution < 1.29 is 4.42 Å². The molecule has 3 aliphatic heterocycles. The van der Waals surface area contributed by atoms with E-state index in [-0.39, 0.29) is 17.5 Å². The monoisotopic (exact) mass is 673 g/mol. The lowest BCUT2D eigenvalue weighted by Crippen LogP contribution is -2.61. The number of hydrogen-bond acceptors (Lipinski definition) is 3. The van der Waals surface area contributed by atoms with E-state index < -0.39 is 0 Å². The van der Waals surface area contributed by atoms with E-state index >= 15 is 0 Å². The number of para-hydroxylation sites is 3. The SMILES string of the molecule is Cc1cc2c3c(c1)N1c4c(cccc4-n4c5ccccc5c5cccc1c54)B3c1oc3ccc(C(C)(C)C)cc3c1N2c1ccc(C(C)(C)C)cc1. The van der Waals surface area contributed by atoms with Crippen molar-refractivity contribution in [3.05, 3.63) is 132 Å². The lowest BCUT2D eigenvalue weighted by molar-refractivity contribution is 0.590. The zero-order valence-electron chi connectivity index (χ0n) is 30.8. The molecular formula is C47H40BN3O. The number of rotatable bonds is 1. The predicted molar refractivity (Wildman–Crippen MR) is 220 cm³/mol. The lowest BCUT2D eigenvalue weighted by Gasteiger charge is -2.45. The summed E-state index contributed by atoms with van der Waals surface area (Å²) in [5.41, 5.74) is 19.3. The number of hydrogen-bond donors (Lipinski definition) is 0. The van der Waals surface area contributed by atoms with E-state index in [4.69, 9.17) is 4.42 Å². The molecule has 52 heavy (non-hydrogen) atoms. The number of benzene rings is 6. The third-order valence-electron chi connectivity index (χ3n) is 11.8. The fourth-order valence-electron chi connectivity index (χ4n) is 9.36. The van der Waals surface area contributed by atoms with Crippen LogP contribution in [0.5, 0.6) is 0 Å². The van der Waals surface area contributed by atoms with Gasteiger partial charge in [-0.15, -0.1) is 0 Å². The number of anilines is 6. The first-order chi connectivity index (χ1) is 25.0. The maximum absolute atomic E-state index is 7.17. The summed E-state index contributed by atoms with van der Waals surface area (Å²) in [7, 11) is 0. The van der Waals surface area contributed by atoms with Crippen molar-refractivity contribution in [2.45, 2.75) is 59.3 Å². The first-order valence-corrected chi connectivity index (χ1v) is 18.6. The topological polar surface area (TPSA) is 24.6 Å². The first-order valence-electron chi connectivity index (χ1n) is 18.6. The van der Waals surface area contributed by atoms with Crippen LogP contribution in [0.15, 0.2) is 120 Å². The van der Waals surface area contributed by atoms with Gasteiger partial charge in [-0.1, -0.05) is 102 Å². The highest BCUT2D eigenvalue weighted by atomic mass is 16.3. The second-order valence-corrected chi connectivity index (χ2v) is 17.1. The molecule has 0 atom stereocenters. The molecule has 0 radical (unpaired) electrons. The highest BCUT2D eigenvalue weighted by Gasteiger charge is 2.48. The smallest absolute Gasteiger partial charge is 0.297 e. The fraction of sp³-hybridized carbons (Fsp3) is 0.191. The molecule has 0 N–H and O–H groups in total. The van der Waals surface area contributed by atoms with Gasteiger partial charge in [0.25, 0.3) is 6.71 Å². The minimum atomic E-state index is -0.0787. The van der Waals surface area contributed by atoms with Crippen LogP contribution in [0.25, 0.3) is 38.5 Å². The molecule has 0 saturated heterocycles. The summed E-state index contributed by atoms with van der Waals surface area (Å²) in [6, 6.07) is 43.4. The predicted octanol–water partition coefficient (Wildman–Crippen LogP) is 10.8. The molecule has 5 heterocycles. The van der Waals surface area contributed by atoms with Crippen LogP contribution < -0.4 is 26.4 Å². The van der Waals surface area contributed by atoms with Crippen LogP contribution in [0.3, 0.4) is 0 Å². The van der Waals surface area contributed by atoms with Gasteiger partial charge in [-0.3, -0.25) is 0 Å². The van der Waals surface area contributed by atoms with E-state index in [9.17, 15) is 0 Å². The molecule has 5 heteroatoms. The van der Waals surface area contributed by atoms with Crippen molar-refractivity contribution in [2.75, 3.05) is 9.80 Å². The number of fused-ring (bicyclic) bond motifs is 11.